The van der Waals surface area contributed by atoms with Crippen molar-refractivity contribution in [1.29, 1.82) is 0 Å². The van der Waals surface area contributed by atoms with E-state index in [-0.39, 0.29) is 18.0 Å². The molecule has 0 aliphatic heterocycles. The minimum absolute atomic E-state index is 0.0982. The van der Waals surface area contributed by atoms with Crippen molar-refractivity contribution < 1.29 is 9.21 Å². The Hall–Kier alpha value is -1.91. The van der Waals surface area contributed by atoms with Gasteiger partial charge in [0.1, 0.15) is 6.33 Å². The molecule has 0 aliphatic carbocycles. The Labute approximate surface area is 73.8 Å². The van der Waals surface area contributed by atoms with Gasteiger partial charge in [-0.15, -0.1) is 0 Å². The van der Waals surface area contributed by atoms with E-state index in [1.54, 1.807) is 6.07 Å². The van der Waals surface area contributed by atoms with Crippen LogP contribution in [-0.4, -0.2) is 21.0 Å². The van der Waals surface area contributed by atoms with Crippen LogP contribution in [-0.2, 0) is 6.42 Å². The Kier molecular flexibility index (Phi) is 1.91. The van der Waals surface area contributed by atoms with E-state index in [0.717, 1.165) is 5.56 Å². The average molecular weight is 177 g/mol. The zero-order valence-corrected chi connectivity index (χ0v) is 6.73. The fourth-order valence-electron chi connectivity index (χ4n) is 1.00. The van der Waals surface area contributed by atoms with E-state index >= 15 is 0 Å². The Morgan fingerprint density at radius 3 is 3.15 bits per heavy atom. The highest BCUT2D eigenvalue weighted by Gasteiger charge is 2.09. The maximum Gasteiger partial charge on any atom is 0.204 e. The smallest absolute Gasteiger partial charge is 0.204 e. The largest absolute Gasteiger partial charge is 0.472 e. The minimum atomic E-state index is -0.0982. The molecule has 66 valence electrons. The highest BCUT2D eigenvalue weighted by Crippen LogP contribution is 2.03. The molecule has 0 fully saturated rings. The predicted molar refractivity (Wildman–Crippen MR) is 43.1 cm³/mol. The van der Waals surface area contributed by atoms with Gasteiger partial charge in [0.05, 0.1) is 12.5 Å². The quantitative estimate of drug-likeness (QED) is 0.704. The van der Waals surface area contributed by atoms with Crippen molar-refractivity contribution in [3.63, 3.8) is 0 Å². The van der Waals surface area contributed by atoms with Crippen molar-refractivity contribution in [3.8, 4) is 0 Å². The fourth-order valence-corrected chi connectivity index (χ4v) is 1.00. The Morgan fingerprint density at radius 1 is 1.62 bits per heavy atom. The molecule has 0 spiro atoms. The SMILES string of the molecule is O=C(Cc1ccoc1)c1ncn[nH]1. The van der Waals surface area contributed by atoms with Crippen LogP contribution in [0.15, 0.2) is 29.3 Å². The van der Waals surface area contributed by atoms with E-state index in [1.165, 1.54) is 18.9 Å². The fraction of sp³-hybridized carbons (Fsp3) is 0.125. The van der Waals surface area contributed by atoms with Gasteiger partial charge in [0, 0.05) is 6.42 Å². The molecule has 0 saturated heterocycles. The van der Waals surface area contributed by atoms with Gasteiger partial charge in [-0.05, 0) is 11.6 Å². The third-order valence-corrected chi connectivity index (χ3v) is 1.62. The number of furan rings is 1. The summed E-state index contributed by atoms with van der Waals surface area (Å²) in [6, 6.07) is 1.74. The summed E-state index contributed by atoms with van der Waals surface area (Å²) in [5, 5.41) is 6.10. The number of nitrogens with zero attached hydrogens (tertiary/aromatic N) is 2. The zero-order chi connectivity index (χ0) is 9.10. The van der Waals surface area contributed by atoms with Gasteiger partial charge in [-0.25, -0.2) is 4.98 Å². The Bertz CT molecular complexity index is 377. The van der Waals surface area contributed by atoms with Gasteiger partial charge < -0.3 is 4.42 Å². The molecule has 5 heteroatoms. The van der Waals surface area contributed by atoms with Crippen LogP contribution in [0.1, 0.15) is 16.2 Å². The molecule has 2 rings (SSSR count). The van der Waals surface area contributed by atoms with Crippen molar-refractivity contribution in [1.82, 2.24) is 15.2 Å². The number of H-pyrrole nitrogens is 1. The number of rotatable bonds is 3. The lowest BCUT2D eigenvalue weighted by atomic mass is 10.2. The summed E-state index contributed by atoms with van der Waals surface area (Å²) in [6.07, 6.45) is 4.66. The maximum absolute atomic E-state index is 11.4. The lowest BCUT2D eigenvalue weighted by molar-refractivity contribution is 0.0983. The molecule has 0 unspecified atom stereocenters. The summed E-state index contributed by atoms with van der Waals surface area (Å²) < 4.78 is 4.83. The second-order valence-corrected chi connectivity index (χ2v) is 2.57. The first-order valence-corrected chi connectivity index (χ1v) is 3.76. The summed E-state index contributed by atoms with van der Waals surface area (Å²) in [7, 11) is 0. The third kappa shape index (κ3) is 1.64. The number of aromatic nitrogens is 3. The van der Waals surface area contributed by atoms with Crippen LogP contribution in [0.2, 0.25) is 0 Å². The summed E-state index contributed by atoms with van der Waals surface area (Å²) in [5.41, 5.74) is 0.835. The number of Topliss-reactive ketones (excluding diaryl/α,β-unsaturated/α-hetero) is 1. The maximum atomic E-state index is 11.4. The molecule has 2 aromatic heterocycles. The molecule has 0 aromatic carbocycles. The molecule has 0 amide bonds. The standard InChI is InChI=1S/C8H7N3O2/c12-7(8-9-5-10-11-8)3-6-1-2-13-4-6/h1-2,4-5H,3H2,(H,9,10,11). The van der Waals surface area contributed by atoms with Crippen LogP contribution < -0.4 is 0 Å². The summed E-state index contributed by atoms with van der Waals surface area (Å²) >= 11 is 0. The molecular weight excluding hydrogens is 170 g/mol. The van der Waals surface area contributed by atoms with Crippen LogP contribution in [0.4, 0.5) is 0 Å². The number of nitrogens with one attached hydrogen (secondary N) is 1. The van der Waals surface area contributed by atoms with Crippen LogP contribution in [0.25, 0.3) is 0 Å². The van der Waals surface area contributed by atoms with Gasteiger partial charge in [0.15, 0.2) is 5.82 Å². The van der Waals surface area contributed by atoms with Crippen molar-refractivity contribution in [3.05, 3.63) is 36.3 Å². The molecule has 1 N–H and O–H groups in total. The van der Waals surface area contributed by atoms with Crippen molar-refractivity contribution in [2.45, 2.75) is 6.42 Å². The molecule has 0 bridgehead atoms. The minimum Gasteiger partial charge on any atom is -0.472 e. The first kappa shape index (κ1) is 7.72. The highest BCUT2D eigenvalue weighted by molar-refractivity contribution is 5.93. The van der Waals surface area contributed by atoms with Gasteiger partial charge >= 0.3 is 0 Å². The molecule has 0 aliphatic rings. The molecule has 0 atom stereocenters. The van der Waals surface area contributed by atoms with Gasteiger partial charge in [0.25, 0.3) is 0 Å². The van der Waals surface area contributed by atoms with E-state index in [2.05, 4.69) is 15.2 Å². The van der Waals surface area contributed by atoms with Crippen molar-refractivity contribution in [2.24, 2.45) is 0 Å². The van der Waals surface area contributed by atoms with E-state index in [9.17, 15) is 4.79 Å². The molecule has 5 nitrogen and oxygen atoms in total. The normalized spacial score (nSPS) is 10.2. The Balaban J connectivity index is 2.08. The van der Waals surface area contributed by atoms with Crippen molar-refractivity contribution in [2.75, 3.05) is 0 Å². The molecule has 2 heterocycles. The van der Waals surface area contributed by atoms with E-state index in [1.807, 2.05) is 0 Å². The summed E-state index contributed by atoms with van der Waals surface area (Å²) in [5.74, 6) is 0.181. The topological polar surface area (TPSA) is 71.8 Å². The summed E-state index contributed by atoms with van der Waals surface area (Å²) in [6.45, 7) is 0. The average Bonchev–Trinajstić information content (AvgIpc) is 2.74. The van der Waals surface area contributed by atoms with Crippen LogP contribution in [0.5, 0.6) is 0 Å². The zero-order valence-electron chi connectivity index (χ0n) is 6.73. The van der Waals surface area contributed by atoms with Gasteiger partial charge in [-0.1, -0.05) is 0 Å². The predicted octanol–water partition coefficient (Wildman–Crippen LogP) is 0.823. The van der Waals surface area contributed by atoms with E-state index < -0.39 is 0 Å². The van der Waals surface area contributed by atoms with E-state index in [4.69, 9.17) is 4.42 Å². The second-order valence-electron chi connectivity index (χ2n) is 2.57. The van der Waals surface area contributed by atoms with Crippen LogP contribution in [0, 0.1) is 0 Å². The molecule has 13 heavy (non-hydrogen) atoms. The van der Waals surface area contributed by atoms with Gasteiger partial charge in [-0.3, -0.25) is 9.89 Å². The monoisotopic (exact) mass is 177 g/mol. The third-order valence-electron chi connectivity index (χ3n) is 1.62. The number of ketones is 1. The van der Waals surface area contributed by atoms with Gasteiger partial charge in [-0.2, -0.15) is 5.10 Å². The number of carbonyl (C=O) groups excluding carboxylic acids is 1. The van der Waals surface area contributed by atoms with Crippen LogP contribution >= 0.6 is 0 Å². The molecule has 0 radical (unpaired) electrons. The van der Waals surface area contributed by atoms with Crippen molar-refractivity contribution >= 4 is 5.78 Å². The highest BCUT2D eigenvalue weighted by atomic mass is 16.3. The number of hydrogen-bond acceptors (Lipinski definition) is 4. The number of hydrogen-bond donors (Lipinski definition) is 1. The number of carbonyl (C=O) groups is 1. The lowest BCUT2D eigenvalue weighted by Crippen LogP contribution is -2.04. The first-order valence-electron chi connectivity index (χ1n) is 3.76. The molecule has 0 saturated carbocycles. The van der Waals surface area contributed by atoms with Crippen LogP contribution in [0.3, 0.4) is 0 Å². The lowest BCUT2D eigenvalue weighted by Gasteiger charge is -1.91. The molecular formula is C8H7N3O2. The number of aromatic amines is 1. The molecule has 2 aromatic rings. The van der Waals surface area contributed by atoms with Gasteiger partial charge in [0.2, 0.25) is 5.78 Å². The first-order chi connectivity index (χ1) is 6.36. The summed E-state index contributed by atoms with van der Waals surface area (Å²) in [4.78, 5) is 15.1. The second kappa shape index (κ2) is 3.22. The Morgan fingerprint density at radius 2 is 2.54 bits per heavy atom. The van der Waals surface area contributed by atoms with E-state index in [0.29, 0.717) is 0 Å².